The van der Waals surface area contributed by atoms with Crippen molar-refractivity contribution < 1.29 is 28.6 Å². The van der Waals surface area contributed by atoms with Crippen LogP contribution in [0.1, 0.15) is 38.7 Å². The van der Waals surface area contributed by atoms with Gasteiger partial charge in [0.25, 0.3) is 0 Å². The van der Waals surface area contributed by atoms with Gasteiger partial charge in [0.1, 0.15) is 5.82 Å². The molecule has 0 saturated heterocycles. The number of hydrogen-bond donors (Lipinski definition) is 2. The Kier molecular flexibility index (Phi) is 7.30. The molecule has 0 aromatic heterocycles. The molecule has 0 bridgehead atoms. The van der Waals surface area contributed by atoms with Crippen LogP contribution in [0.2, 0.25) is 0 Å². The van der Waals surface area contributed by atoms with E-state index in [1.54, 1.807) is 20.8 Å². The Labute approximate surface area is 187 Å². The summed E-state index contributed by atoms with van der Waals surface area (Å²) in [6.07, 6.45) is -0.00276. The Morgan fingerprint density at radius 3 is 2.28 bits per heavy atom. The van der Waals surface area contributed by atoms with Gasteiger partial charge in [-0.15, -0.1) is 0 Å². The molecule has 7 heteroatoms. The number of hydrogen-bond acceptors (Lipinski definition) is 6. The van der Waals surface area contributed by atoms with Crippen LogP contribution in [0.3, 0.4) is 0 Å². The number of carbonyl (C=O) groups is 2. The van der Waals surface area contributed by atoms with Crippen molar-refractivity contribution in [2.24, 2.45) is 5.92 Å². The van der Waals surface area contributed by atoms with Crippen LogP contribution in [0.25, 0.3) is 0 Å². The second-order valence-electron chi connectivity index (χ2n) is 7.90. The maximum absolute atomic E-state index is 13.7. The molecule has 0 spiro atoms. The van der Waals surface area contributed by atoms with E-state index < -0.39 is 35.2 Å². The molecule has 1 aliphatic rings. The molecule has 0 heterocycles. The lowest BCUT2D eigenvalue weighted by atomic mass is 9.66. The summed E-state index contributed by atoms with van der Waals surface area (Å²) in [5.41, 5.74) is 0.326. The van der Waals surface area contributed by atoms with E-state index in [9.17, 15) is 19.1 Å². The summed E-state index contributed by atoms with van der Waals surface area (Å²) >= 11 is 0. The highest BCUT2D eigenvalue weighted by Gasteiger charge is 2.52. The van der Waals surface area contributed by atoms with E-state index in [2.05, 4.69) is 5.32 Å². The number of esters is 2. The van der Waals surface area contributed by atoms with Crippen LogP contribution < -0.4 is 5.32 Å². The molecule has 32 heavy (non-hydrogen) atoms. The van der Waals surface area contributed by atoms with Crippen molar-refractivity contribution >= 4 is 17.6 Å². The minimum Gasteiger partial charge on any atom is -0.466 e. The Bertz CT molecular complexity index is 985. The van der Waals surface area contributed by atoms with E-state index in [4.69, 9.17) is 9.47 Å². The lowest BCUT2D eigenvalue weighted by Crippen LogP contribution is -2.49. The zero-order chi connectivity index (χ0) is 23.3. The maximum atomic E-state index is 13.7. The second kappa shape index (κ2) is 9.96. The molecule has 3 atom stereocenters. The van der Waals surface area contributed by atoms with Gasteiger partial charge >= 0.3 is 11.9 Å². The standard InChI is InChI=1S/C25H28FNO5/c1-4-31-23(28)21-19(27-18-9-7-6-8-10-18)15-25(3,30)22(24(29)32-5-2)20(21)16-11-13-17(26)14-12-16/h6-14,20,22,27,30H,4-5,15H2,1-3H3/t20-,22-,25-/m0/s1. The van der Waals surface area contributed by atoms with Crippen molar-refractivity contribution in [3.63, 3.8) is 0 Å². The van der Waals surface area contributed by atoms with Crippen LogP contribution in [0.15, 0.2) is 65.9 Å². The first-order valence-corrected chi connectivity index (χ1v) is 10.6. The minimum absolute atomic E-state index is 0.00276. The molecule has 2 N–H and O–H groups in total. The summed E-state index contributed by atoms with van der Waals surface area (Å²) < 4.78 is 24.3. The summed E-state index contributed by atoms with van der Waals surface area (Å²) in [6.45, 7) is 5.16. The highest BCUT2D eigenvalue weighted by atomic mass is 19.1. The fourth-order valence-electron chi connectivity index (χ4n) is 4.19. The third kappa shape index (κ3) is 4.99. The molecule has 0 saturated carbocycles. The first-order chi connectivity index (χ1) is 15.3. The molecule has 0 radical (unpaired) electrons. The van der Waals surface area contributed by atoms with Crippen molar-refractivity contribution in [2.45, 2.75) is 38.7 Å². The summed E-state index contributed by atoms with van der Waals surface area (Å²) in [5, 5.41) is 14.6. The van der Waals surface area contributed by atoms with Gasteiger partial charge in [0, 0.05) is 23.7 Å². The first kappa shape index (κ1) is 23.5. The monoisotopic (exact) mass is 441 g/mol. The molecule has 6 nitrogen and oxygen atoms in total. The predicted octanol–water partition coefficient (Wildman–Crippen LogP) is 4.17. The number of anilines is 1. The molecule has 0 aliphatic heterocycles. The zero-order valence-corrected chi connectivity index (χ0v) is 18.4. The lowest BCUT2D eigenvalue weighted by Gasteiger charge is -2.43. The van der Waals surface area contributed by atoms with Crippen molar-refractivity contribution in [2.75, 3.05) is 18.5 Å². The zero-order valence-electron chi connectivity index (χ0n) is 18.4. The average Bonchev–Trinajstić information content (AvgIpc) is 2.74. The number of rotatable bonds is 7. The van der Waals surface area contributed by atoms with E-state index in [1.807, 2.05) is 30.3 Å². The highest BCUT2D eigenvalue weighted by Crippen LogP contribution is 2.48. The van der Waals surface area contributed by atoms with Gasteiger partial charge in [-0.2, -0.15) is 0 Å². The summed E-state index contributed by atoms with van der Waals surface area (Å²) in [5.74, 6) is -3.68. The number of carbonyl (C=O) groups excluding carboxylic acids is 2. The summed E-state index contributed by atoms with van der Waals surface area (Å²) in [6, 6.07) is 14.7. The van der Waals surface area contributed by atoms with Gasteiger partial charge < -0.3 is 19.9 Å². The van der Waals surface area contributed by atoms with Gasteiger partial charge in [0.05, 0.1) is 30.3 Å². The number of aliphatic hydroxyl groups is 1. The largest absolute Gasteiger partial charge is 0.466 e. The topological polar surface area (TPSA) is 84.9 Å². The van der Waals surface area contributed by atoms with Gasteiger partial charge in [-0.1, -0.05) is 30.3 Å². The molecule has 170 valence electrons. The number of nitrogens with one attached hydrogen (secondary N) is 1. The molecule has 1 aliphatic carbocycles. The fraction of sp³-hybridized carbons (Fsp3) is 0.360. The number of ether oxygens (including phenoxy) is 2. The molecular formula is C25H28FNO5. The number of benzene rings is 2. The van der Waals surface area contributed by atoms with Crippen molar-refractivity contribution in [3.8, 4) is 0 Å². The van der Waals surface area contributed by atoms with E-state index in [0.29, 0.717) is 16.9 Å². The van der Waals surface area contributed by atoms with Crippen molar-refractivity contribution in [1.29, 1.82) is 0 Å². The van der Waals surface area contributed by atoms with Crippen LogP contribution in [0.4, 0.5) is 10.1 Å². The minimum atomic E-state index is -1.54. The predicted molar refractivity (Wildman–Crippen MR) is 118 cm³/mol. The Hall–Kier alpha value is -3.19. The molecule has 2 aromatic rings. The van der Waals surface area contributed by atoms with Gasteiger partial charge in [-0.25, -0.2) is 9.18 Å². The number of halogens is 1. The third-order valence-electron chi connectivity index (χ3n) is 5.51. The van der Waals surface area contributed by atoms with Gasteiger partial charge in [0.2, 0.25) is 0 Å². The van der Waals surface area contributed by atoms with Crippen LogP contribution >= 0.6 is 0 Å². The normalized spacial score (nSPS) is 22.9. The van der Waals surface area contributed by atoms with Crippen LogP contribution in [-0.4, -0.2) is 35.9 Å². The average molecular weight is 441 g/mol. The Morgan fingerprint density at radius 1 is 1.06 bits per heavy atom. The molecule has 3 rings (SSSR count). The van der Waals surface area contributed by atoms with Crippen LogP contribution in [0.5, 0.6) is 0 Å². The van der Waals surface area contributed by atoms with E-state index in [1.165, 1.54) is 24.3 Å². The SMILES string of the molecule is CCOC(=O)C1=C(Nc2ccccc2)C[C@](C)(O)[C@H](C(=O)OCC)[C@H]1c1ccc(F)cc1. The van der Waals surface area contributed by atoms with Gasteiger partial charge in [0.15, 0.2) is 0 Å². The quantitative estimate of drug-likeness (QED) is 0.628. The Morgan fingerprint density at radius 2 is 1.69 bits per heavy atom. The molecule has 0 fully saturated rings. The smallest absolute Gasteiger partial charge is 0.336 e. The summed E-state index contributed by atoms with van der Waals surface area (Å²) in [4.78, 5) is 26.2. The summed E-state index contributed by atoms with van der Waals surface area (Å²) in [7, 11) is 0. The second-order valence-corrected chi connectivity index (χ2v) is 7.90. The first-order valence-electron chi connectivity index (χ1n) is 10.6. The molecule has 0 amide bonds. The van der Waals surface area contributed by atoms with Crippen molar-refractivity contribution in [3.05, 3.63) is 77.2 Å². The van der Waals surface area contributed by atoms with E-state index >= 15 is 0 Å². The lowest BCUT2D eigenvalue weighted by molar-refractivity contribution is -0.159. The number of para-hydroxylation sites is 1. The van der Waals surface area contributed by atoms with E-state index in [-0.39, 0.29) is 25.2 Å². The van der Waals surface area contributed by atoms with Gasteiger partial charge in [-0.05, 0) is 50.6 Å². The molecule has 0 unspecified atom stereocenters. The van der Waals surface area contributed by atoms with Crippen LogP contribution in [-0.2, 0) is 19.1 Å². The van der Waals surface area contributed by atoms with Crippen molar-refractivity contribution in [1.82, 2.24) is 0 Å². The molecule has 2 aromatic carbocycles. The maximum Gasteiger partial charge on any atom is 0.336 e. The highest BCUT2D eigenvalue weighted by molar-refractivity contribution is 5.94. The molecular weight excluding hydrogens is 413 g/mol. The Balaban J connectivity index is 2.23. The third-order valence-corrected chi connectivity index (χ3v) is 5.51. The fourth-order valence-corrected chi connectivity index (χ4v) is 4.19. The van der Waals surface area contributed by atoms with Crippen LogP contribution in [0, 0.1) is 11.7 Å². The van der Waals surface area contributed by atoms with Gasteiger partial charge in [-0.3, -0.25) is 4.79 Å². The van der Waals surface area contributed by atoms with E-state index in [0.717, 1.165) is 0 Å².